The molecule has 2 heterocycles. The zero-order valence-corrected chi connectivity index (χ0v) is 10.3. The number of aliphatic hydroxyl groups is 2. The first-order chi connectivity index (χ1) is 8.67. The monoisotopic (exact) mass is 268 g/mol. The molecule has 0 bridgehead atoms. The van der Waals surface area contributed by atoms with Gasteiger partial charge >= 0.3 is 0 Å². The van der Waals surface area contributed by atoms with Gasteiger partial charge in [-0.15, -0.1) is 11.6 Å². The molecule has 18 heavy (non-hydrogen) atoms. The van der Waals surface area contributed by atoms with Crippen molar-refractivity contribution in [2.75, 3.05) is 5.88 Å². The van der Waals surface area contributed by atoms with Crippen molar-refractivity contribution in [1.82, 2.24) is 9.97 Å². The van der Waals surface area contributed by atoms with Gasteiger partial charge in [0.05, 0.1) is 6.10 Å². The van der Waals surface area contributed by atoms with Gasteiger partial charge in [-0.1, -0.05) is 0 Å². The molecular weight excluding hydrogens is 256 g/mol. The van der Waals surface area contributed by atoms with E-state index in [0.717, 1.165) is 0 Å². The van der Waals surface area contributed by atoms with Crippen LogP contribution in [0.3, 0.4) is 0 Å². The number of nitrogens with zero attached hydrogens (tertiary/aromatic N) is 1. The third-order valence-electron chi connectivity index (χ3n) is 2.82. The average molecular weight is 269 g/mol. The molecule has 2 aromatic heterocycles. The SMILES string of the molecule is O=Cc1c[nH]c2ncc(C(O)C(O)CCCl)cc12. The van der Waals surface area contributed by atoms with E-state index >= 15 is 0 Å². The first-order valence-corrected chi connectivity index (χ1v) is 6.05. The Morgan fingerprint density at radius 2 is 2.28 bits per heavy atom. The van der Waals surface area contributed by atoms with Crippen molar-refractivity contribution in [1.29, 1.82) is 0 Å². The molecule has 2 atom stereocenters. The molecule has 3 N–H and O–H groups in total. The summed E-state index contributed by atoms with van der Waals surface area (Å²) in [5.41, 5.74) is 1.50. The van der Waals surface area contributed by atoms with Gasteiger partial charge in [-0.3, -0.25) is 4.79 Å². The summed E-state index contributed by atoms with van der Waals surface area (Å²) in [6.07, 6.45) is 2.02. The van der Waals surface area contributed by atoms with Gasteiger partial charge in [0.2, 0.25) is 0 Å². The number of halogens is 1. The molecule has 6 heteroatoms. The highest BCUT2D eigenvalue weighted by Gasteiger charge is 2.19. The predicted octanol–water partition coefficient (Wildman–Crippen LogP) is 1.40. The minimum absolute atomic E-state index is 0.262. The van der Waals surface area contributed by atoms with Crippen molar-refractivity contribution in [3.8, 4) is 0 Å². The zero-order chi connectivity index (χ0) is 13.1. The van der Waals surface area contributed by atoms with Crippen molar-refractivity contribution in [2.45, 2.75) is 18.6 Å². The lowest BCUT2D eigenvalue weighted by atomic mass is 10.0. The van der Waals surface area contributed by atoms with E-state index in [1.165, 1.54) is 6.20 Å². The van der Waals surface area contributed by atoms with Gasteiger partial charge in [0.25, 0.3) is 0 Å². The van der Waals surface area contributed by atoms with Crippen LogP contribution in [0.15, 0.2) is 18.5 Å². The number of carbonyl (C=O) groups is 1. The molecule has 2 aromatic rings. The number of H-pyrrole nitrogens is 1. The molecule has 0 fully saturated rings. The second kappa shape index (κ2) is 5.48. The standard InChI is InChI=1S/C12H13ClN2O3/c13-2-1-10(17)11(18)7-3-9-8(6-16)5-15-12(9)14-4-7/h3-6,10-11,17-18H,1-2H2,(H,14,15). The lowest BCUT2D eigenvalue weighted by molar-refractivity contribution is 0.0169. The first kappa shape index (κ1) is 13.0. The fourth-order valence-electron chi connectivity index (χ4n) is 1.79. The van der Waals surface area contributed by atoms with Crippen molar-refractivity contribution in [2.24, 2.45) is 0 Å². The van der Waals surface area contributed by atoms with Crippen LogP contribution in [0.5, 0.6) is 0 Å². The number of aliphatic hydroxyl groups excluding tert-OH is 2. The molecule has 0 aliphatic rings. The van der Waals surface area contributed by atoms with Gasteiger partial charge in [-0.05, 0) is 12.5 Å². The maximum absolute atomic E-state index is 10.8. The molecule has 0 spiro atoms. The second-order valence-corrected chi connectivity index (χ2v) is 4.39. The van der Waals surface area contributed by atoms with Crippen LogP contribution in [-0.4, -0.2) is 38.5 Å². The number of nitrogens with one attached hydrogen (secondary N) is 1. The van der Waals surface area contributed by atoms with Crippen LogP contribution in [0.4, 0.5) is 0 Å². The molecule has 0 amide bonds. The molecule has 2 unspecified atom stereocenters. The highest BCUT2D eigenvalue weighted by Crippen LogP contribution is 2.23. The maximum Gasteiger partial charge on any atom is 0.152 e. The molecule has 0 aliphatic carbocycles. The van der Waals surface area contributed by atoms with Gasteiger partial charge in [0.1, 0.15) is 11.8 Å². The molecule has 96 valence electrons. The number of hydrogen-bond donors (Lipinski definition) is 3. The summed E-state index contributed by atoms with van der Waals surface area (Å²) in [6, 6.07) is 1.64. The smallest absolute Gasteiger partial charge is 0.152 e. The predicted molar refractivity (Wildman–Crippen MR) is 67.8 cm³/mol. The maximum atomic E-state index is 10.8. The Bertz CT molecular complexity index is 555. The minimum Gasteiger partial charge on any atom is -0.390 e. The summed E-state index contributed by atoms with van der Waals surface area (Å²) >= 11 is 5.52. The first-order valence-electron chi connectivity index (χ1n) is 5.51. The minimum atomic E-state index is -1.06. The number of aromatic nitrogens is 2. The number of pyridine rings is 1. The van der Waals surface area contributed by atoms with Crippen molar-refractivity contribution in [3.05, 3.63) is 29.6 Å². The topological polar surface area (TPSA) is 86.2 Å². The molecule has 0 aromatic carbocycles. The number of alkyl halides is 1. The van der Waals surface area contributed by atoms with Crippen LogP contribution in [0.2, 0.25) is 0 Å². The van der Waals surface area contributed by atoms with E-state index in [2.05, 4.69) is 9.97 Å². The van der Waals surface area contributed by atoms with Crippen molar-refractivity contribution in [3.63, 3.8) is 0 Å². The van der Waals surface area contributed by atoms with Gasteiger partial charge in [-0.2, -0.15) is 0 Å². The lowest BCUT2D eigenvalue weighted by Gasteiger charge is -2.16. The average Bonchev–Trinajstić information content (AvgIpc) is 2.80. The summed E-state index contributed by atoms with van der Waals surface area (Å²) in [4.78, 5) is 17.8. The van der Waals surface area contributed by atoms with Crippen molar-refractivity contribution < 1.29 is 15.0 Å². The summed E-state index contributed by atoms with van der Waals surface area (Å²) in [5, 5.41) is 20.2. The third kappa shape index (κ3) is 2.38. The normalized spacial score (nSPS) is 14.6. The number of hydrogen-bond acceptors (Lipinski definition) is 4. The quantitative estimate of drug-likeness (QED) is 0.565. The van der Waals surface area contributed by atoms with Crippen LogP contribution < -0.4 is 0 Å². The van der Waals surface area contributed by atoms with Gasteiger partial charge in [-0.25, -0.2) is 4.98 Å². The molecule has 0 radical (unpaired) electrons. The number of carbonyl (C=O) groups excluding carboxylic acids is 1. The number of rotatable bonds is 5. The lowest BCUT2D eigenvalue weighted by Crippen LogP contribution is -2.18. The Kier molecular flexibility index (Phi) is 3.96. The van der Waals surface area contributed by atoms with Crippen LogP contribution in [0.1, 0.15) is 28.4 Å². The number of aromatic amines is 1. The third-order valence-corrected chi connectivity index (χ3v) is 3.04. The van der Waals surface area contributed by atoms with Gasteiger partial charge in [0, 0.05) is 34.8 Å². The van der Waals surface area contributed by atoms with E-state index in [9.17, 15) is 15.0 Å². The summed E-state index contributed by atoms with van der Waals surface area (Å²) in [7, 11) is 0. The Morgan fingerprint density at radius 3 is 2.94 bits per heavy atom. The Hall–Kier alpha value is -1.43. The van der Waals surface area contributed by atoms with E-state index in [4.69, 9.17) is 11.6 Å². The largest absolute Gasteiger partial charge is 0.390 e. The van der Waals surface area contributed by atoms with Crippen molar-refractivity contribution >= 4 is 28.9 Å². The Labute approximate surface area is 108 Å². The summed E-state index contributed by atoms with van der Waals surface area (Å²) in [5.74, 6) is 0.262. The molecule has 0 saturated carbocycles. The van der Waals surface area contributed by atoms with E-state index in [-0.39, 0.29) is 12.3 Å². The summed E-state index contributed by atoms with van der Waals surface area (Å²) in [6.45, 7) is 0. The second-order valence-electron chi connectivity index (χ2n) is 4.02. The van der Waals surface area contributed by atoms with E-state index in [0.29, 0.717) is 28.4 Å². The van der Waals surface area contributed by atoms with Gasteiger partial charge in [0.15, 0.2) is 6.29 Å². The fraction of sp³-hybridized carbons (Fsp3) is 0.333. The highest BCUT2D eigenvalue weighted by atomic mass is 35.5. The van der Waals surface area contributed by atoms with Crippen LogP contribution >= 0.6 is 11.6 Å². The molecule has 2 rings (SSSR count). The Balaban J connectivity index is 2.36. The number of fused-ring (bicyclic) bond motifs is 1. The van der Waals surface area contributed by atoms with Crippen LogP contribution in [-0.2, 0) is 0 Å². The fourth-order valence-corrected chi connectivity index (χ4v) is 2.01. The zero-order valence-electron chi connectivity index (χ0n) is 9.51. The molecule has 0 aliphatic heterocycles. The Morgan fingerprint density at radius 1 is 1.50 bits per heavy atom. The van der Waals surface area contributed by atoms with Gasteiger partial charge < -0.3 is 15.2 Å². The highest BCUT2D eigenvalue weighted by molar-refractivity contribution is 6.17. The van der Waals surface area contributed by atoms with Crippen LogP contribution in [0.25, 0.3) is 11.0 Å². The molecule has 5 nitrogen and oxygen atoms in total. The molecular formula is C12H13ClN2O3. The molecule has 0 saturated heterocycles. The van der Waals surface area contributed by atoms with E-state index < -0.39 is 12.2 Å². The number of aldehydes is 1. The van der Waals surface area contributed by atoms with Crippen LogP contribution in [0, 0.1) is 0 Å². The summed E-state index contributed by atoms with van der Waals surface area (Å²) < 4.78 is 0. The van der Waals surface area contributed by atoms with E-state index in [1.807, 2.05) is 0 Å². The van der Waals surface area contributed by atoms with E-state index in [1.54, 1.807) is 12.3 Å².